The van der Waals surface area contributed by atoms with Crippen LogP contribution < -0.4 is 0 Å². The summed E-state index contributed by atoms with van der Waals surface area (Å²) in [5.41, 5.74) is 1.94. The first kappa shape index (κ1) is 9.28. The lowest BCUT2D eigenvalue weighted by molar-refractivity contribution is 0.424. The third-order valence-electron chi connectivity index (χ3n) is 1.97. The van der Waals surface area contributed by atoms with Crippen molar-refractivity contribution in [3.05, 3.63) is 42.1 Å². The van der Waals surface area contributed by atoms with Gasteiger partial charge in [0.1, 0.15) is 0 Å². The normalized spacial score (nSPS) is 10.4. The number of hydrogen-bond donors (Lipinski definition) is 0. The quantitative estimate of drug-likeness (QED) is 0.723. The molecule has 0 atom stereocenters. The molecule has 0 spiro atoms. The summed E-state index contributed by atoms with van der Waals surface area (Å²) in [4.78, 5) is 0. The van der Waals surface area contributed by atoms with Gasteiger partial charge in [0, 0.05) is 23.9 Å². The van der Waals surface area contributed by atoms with E-state index >= 15 is 0 Å². The van der Waals surface area contributed by atoms with E-state index in [9.17, 15) is 0 Å². The summed E-state index contributed by atoms with van der Waals surface area (Å²) in [6.07, 6.45) is 0.748. The van der Waals surface area contributed by atoms with Crippen LogP contribution >= 0.6 is 11.6 Å². The van der Waals surface area contributed by atoms with E-state index in [4.69, 9.17) is 16.1 Å². The zero-order valence-electron chi connectivity index (χ0n) is 7.61. The molecule has 0 saturated carbocycles. The highest BCUT2D eigenvalue weighted by Gasteiger charge is 2.04. The summed E-state index contributed by atoms with van der Waals surface area (Å²) in [6, 6.07) is 11.8. The van der Waals surface area contributed by atoms with Crippen LogP contribution in [0.3, 0.4) is 0 Å². The SMILES string of the molecule is ClCCc1cc(-c2ccccc2)on1. The molecule has 0 N–H and O–H groups in total. The fourth-order valence-corrected chi connectivity index (χ4v) is 1.46. The zero-order valence-corrected chi connectivity index (χ0v) is 8.37. The molecule has 0 bridgehead atoms. The van der Waals surface area contributed by atoms with Gasteiger partial charge in [0.25, 0.3) is 0 Å². The van der Waals surface area contributed by atoms with Crippen LogP contribution in [0.2, 0.25) is 0 Å². The molecule has 0 saturated heterocycles. The molecule has 1 heterocycles. The average Bonchev–Trinajstić information content (AvgIpc) is 2.68. The van der Waals surface area contributed by atoms with Crippen LogP contribution in [0.4, 0.5) is 0 Å². The maximum atomic E-state index is 5.61. The van der Waals surface area contributed by atoms with E-state index in [1.54, 1.807) is 0 Å². The smallest absolute Gasteiger partial charge is 0.167 e. The van der Waals surface area contributed by atoms with Crippen LogP contribution in [0, 0.1) is 0 Å². The number of hydrogen-bond acceptors (Lipinski definition) is 2. The summed E-state index contributed by atoms with van der Waals surface area (Å²) < 4.78 is 5.19. The molecule has 0 radical (unpaired) electrons. The highest BCUT2D eigenvalue weighted by molar-refractivity contribution is 6.17. The molecule has 1 aromatic heterocycles. The molecule has 0 amide bonds. The van der Waals surface area contributed by atoms with Gasteiger partial charge in [0.05, 0.1) is 5.69 Å². The Morgan fingerprint density at radius 3 is 2.71 bits per heavy atom. The van der Waals surface area contributed by atoms with E-state index in [1.807, 2.05) is 36.4 Å². The van der Waals surface area contributed by atoms with Gasteiger partial charge in [-0.1, -0.05) is 35.5 Å². The van der Waals surface area contributed by atoms with Gasteiger partial charge in [-0.05, 0) is 0 Å². The van der Waals surface area contributed by atoms with Crippen molar-refractivity contribution in [1.82, 2.24) is 5.16 Å². The number of nitrogens with zero attached hydrogens (tertiary/aromatic N) is 1. The Balaban J connectivity index is 2.25. The minimum atomic E-state index is 0.570. The number of aryl methyl sites for hydroxylation is 1. The van der Waals surface area contributed by atoms with Crippen molar-refractivity contribution in [1.29, 1.82) is 0 Å². The molecule has 0 unspecified atom stereocenters. The van der Waals surface area contributed by atoms with Gasteiger partial charge in [-0.3, -0.25) is 0 Å². The predicted octanol–water partition coefficient (Wildman–Crippen LogP) is 3.12. The lowest BCUT2D eigenvalue weighted by Crippen LogP contribution is -1.83. The van der Waals surface area contributed by atoms with Crippen molar-refractivity contribution >= 4 is 11.6 Å². The maximum absolute atomic E-state index is 5.61. The fourth-order valence-electron chi connectivity index (χ4n) is 1.26. The Hall–Kier alpha value is -1.28. The molecule has 1 aromatic carbocycles. The number of rotatable bonds is 3. The summed E-state index contributed by atoms with van der Waals surface area (Å²) >= 11 is 5.61. The molecule has 3 heteroatoms. The van der Waals surface area contributed by atoms with Gasteiger partial charge in [0.2, 0.25) is 0 Å². The molecule has 0 aliphatic rings. The Morgan fingerprint density at radius 1 is 1.21 bits per heavy atom. The first-order valence-electron chi connectivity index (χ1n) is 4.47. The van der Waals surface area contributed by atoms with E-state index in [1.165, 1.54) is 0 Å². The van der Waals surface area contributed by atoms with Crippen LogP contribution in [-0.4, -0.2) is 11.0 Å². The van der Waals surface area contributed by atoms with Crippen molar-refractivity contribution in [3.63, 3.8) is 0 Å². The molecule has 0 fully saturated rings. The fraction of sp³-hybridized carbons (Fsp3) is 0.182. The summed E-state index contributed by atoms with van der Waals surface area (Å²) in [6.45, 7) is 0. The molecular weight excluding hydrogens is 198 g/mol. The second-order valence-corrected chi connectivity index (χ2v) is 3.37. The van der Waals surface area contributed by atoms with Crippen molar-refractivity contribution in [2.75, 3.05) is 5.88 Å². The first-order valence-corrected chi connectivity index (χ1v) is 5.00. The molecule has 72 valence electrons. The minimum absolute atomic E-state index is 0.570. The minimum Gasteiger partial charge on any atom is -0.356 e. The van der Waals surface area contributed by atoms with Crippen LogP contribution in [0.15, 0.2) is 40.9 Å². The number of alkyl halides is 1. The van der Waals surface area contributed by atoms with Crippen molar-refractivity contribution < 1.29 is 4.52 Å². The first-order chi connectivity index (χ1) is 6.90. The molecule has 2 nitrogen and oxygen atoms in total. The second kappa shape index (κ2) is 4.29. The van der Waals surface area contributed by atoms with Crippen LogP contribution in [-0.2, 0) is 6.42 Å². The van der Waals surface area contributed by atoms with E-state index in [2.05, 4.69) is 5.16 Å². The number of aromatic nitrogens is 1. The third kappa shape index (κ3) is 1.96. The highest BCUT2D eigenvalue weighted by atomic mass is 35.5. The largest absolute Gasteiger partial charge is 0.356 e. The molecule has 0 aliphatic carbocycles. The van der Waals surface area contributed by atoms with Gasteiger partial charge in [0.15, 0.2) is 5.76 Å². The van der Waals surface area contributed by atoms with Crippen molar-refractivity contribution in [2.24, 2.45) is 0 Å². The lowest BCUT2D eigenvalue weighted by atomic mass is 10.1. The Morgan fingerprint density at radius 2 is 2.00 bits per heavy atom. The summed E-state index contributed by atoms with van der Waals surface area (Å²) in [5.74, 6) is 1.37. The molecular formula is C11H10ClNO. The van der Waals surface area contributed by atoms with Gasteiger partial charge < -0.3 is 4.52 Å². The third-order valence-corrected chi connectivity index (χ3v) is 2.16. The number of benzene rings is 1. The standard InChI is InChI=1S/C11H10ClNO/c12-7-6-10-8-11(14-13-10)9-4-2-1-3-5-9/h1-5,8H,6-7H2. The predicted molar refractivity (Wildman–Crippen MR) is 56.4 cm³/mol. The Kier molecular flexibility index (Phi) is 2.84. The topological polar surface area (TPSA) is 26.0 Å². The zero-order chi connectivity index (χ0) is 9.80. The summed E-state index contributed by atoms with van der Waals surface area (Å²) in [5, 5.41) is 3.92. The Bertz CT molecular complexity index is 397. The average molecular weight is 208 g/mol. The van der Waals surface area contributed by atoms with Crippen LogP contribution in [0.1, 0.15) is 5.69 Å². The van der Waals surface area contributed by atoms with Crippen LogP contribution in [0.25, 0.3) is 11.3 Å². The van der Waals surface area contributed by atoms with E-state index < -0.39 is 0 Å². The monoisotopic (exact) mass is 207 g/mol. The van der Waals surface area contributed by atoms with E-state index in [0.717, 1.165) is 23.4 Å². The van der Waals surface area contributed by atoms with Gasteiger partial charge in [-0.15, -0.1) is 11.6 Å². The van der Waals surface area contributed by atoms with Gasteiger partial charge in [-0.25, -0.2) is 0 Å². The maximum Gasteiger partial charge on any atom is 0.167 e. The lowest BCUT2D eigenvalue weighted by Gasteiger charge is -1.91. The second-order valence-electron chi connectivity index (χ2n) is 2.99. The van der Waals surface area contributed by atoms with Gasteiger partial charge in [-0.2, -0.15) is 0 Å². The summed E-state index contributed by atoms with van der Waals surface area (Å²) in [7, 11) is 0. The van der Waals surface area contributed by atoms with E-state index in [-0.39, 0.29) is 0 Å². The van der Waals surface area contributed by atoms with Crippen molar-refractivity contribution in [3.8, 4) is 11.3 Å². The molecule has 0 aliphatic heterocycles. The van der Waals surface area contributed by atoms with E-state index in [0.29, 0.717) is 5.88 Å². The van der Waals surface area contributed by atoms with Crippen molar-refractivity contribution in [2.45, 2.75) is 6.42 Å². The molecule has 2 rings (SSSR count). The molecule has 14 heavy (non-hydrogen) atoms. The highest BCUT2D eigenvalue weighted by Crippen LogP contribution is 2.19. The van der Waals surface area contributed by atoms with Gasteiger partial charge >= 0.3 is 0 Å². The number of halogens is 1. The molecule has 2 aromatic rings. The Labute approximate surface area is 87.5 Å². The van der Waals surface area contributed by atoms with Crippen LogP contribution in [0.5, 0.6) is 0 Å².